The quantitative estimate of drug-likeness (QED) is 0.782. The highest BCUT2D eigenvalue weighted by molar-refractivity contribution is 8.13. The number of hydrogen-bond donors (Lipinski definition) is 0. The summed E-state index contributed by atoms with van der Waals surface area (Å²) in [5, 5.41) is 0. The van der Waals surface area contributed by atoms with Gasteiger partial charge >= 0.3 is 0 Å². The van der Waals surface area contributed by atoms with Gasteiger partial charge in [-0.2, -0.15) is 0 Å². The van der Waals surface area contributed by atoms with Crippen molar-refractivity contribution < 1.29 is 17.6 Å². The molecule has 1 heterocycles. The normalized spacial score (nSPS) is 18.0. The monoisotopic (exact) mass is 333 g/mol. The molecule has 0 atom stereocenters. The van der Waals surface area contributed by atoms with E-state index in [1.54, 1.807) is 4.90 Å². The lowest BCUT2D eigenvalue weighted by Gasteiger charge is -2.20. The lowest BCUT2D eigenvalue weighted by molar-refractivity contribution is 0.0773. The zero-order valence-electron chi connectivity index (χ0n) is 12.1. The van der Waals surface area contributed by atoms with Gasteiger partial charge in [0.05, 0.1) is 10.5 Å². The Morgan fingerprint density at radius 3 is 2.48 bits per heavy atom. The Balaban J connectivity index is 2.43. The van der Waals surface area contributed by atoms with Crippen LogP contribution >= 0.6 is 10.7 Å². The molecule has 2 rings (SSSR count). The molecule has 1 aromatic carbocycles. The van der Waals surface area contributed by atoms with Crippen molar-refractivity contribution in [2.24, 2.45) is 5.41 Å². The van der Waals surface area contributed by atoms with E-state index in [0.29, 0.717) is 13.1 Å². The van der Waals surface area contributed by atoms with E-state index in [9.17, 15) is 17.6 Å². The number of carbonyl (C=O) groups is 1. The van der Waals surface area contributed by atoms with Gasteiger partial charge in [-0.1, -0.05) is 13.8 Å². The highest BCUT2D eigenvalue weighted by atomic mass is 35.7. The molecule has 1 saturated heterocycles. The maximum absolute atomic E-state index is 14.0. The van der Waals surface area contributed by atoms with Crippen LogP contribution in [0.25, 0.3) is 0 Å². The Hall–Kier alpha value is -1.14. The zero-order chi connectivity index (χ0) is 16.0. The lowest BCUT2D eigenvalue weighted by atomic mass is 9.93. The van der Waals surface area contributed by atoms with Gasteiger partial charge in [0.25, 0.3) is 15.0 Å². The number of hydrogen-bond acceptors (Lipinski definition) is 3. The van der Waals surface area contributed by atoms with E-state index in [1.165, 1.54) is 6.92 Å². The molecule has 1 aromatic rings. The summed E-state index contributed by atoms with van der Waals surface area (Å²) >= 11 is 0. The van der Waals surface area contributed by atoms with Crippen molar-refractivity contribution in [1.82, 2.24) is 4.90 Å². The summed E-state index contributed by atoms with van der Waals surface area (Å²) < 4.78 is 37.0. The van der Waals surface area contributed by atoms with Crippen molar-refractivity contribution in [3.05, 3.63) is 29.1 Å². The Morgan fingerprint density at radius 1 is 1.38 bits per heavy atom. The van der Waals surface area contributed by atoms with E-state index in [4.69, 9.17) is 10.7 Å². The average Bonchev–Trinajstić information content (AvgIpc) is 2.67. The van der Waals surface area contributed by atoms with Crippen molar-refractivity contribution in [2.75, 3.05) is 13.1 Å². The average molecular weight is 334 g/mol. The molecule has 4 nitrogen and oxygen atoms in total. The van der Waals surface area contributed by atoms with Crippen LogP contribution in [0.1, 0.15) is 36.2 Å². The first kappa shape index (κ1) is 16.2. The summed E-state index contributed by atoms with van der Waals surface area (Å²) in [6.45, 7) is 6.54. The van der Waals surface area contributed by atoms with Gasteiger partial charge in [0.2, 0.25) is 0 Å². The van der Waals surface area contributed by atoms with Crippen molar-refractivity contribution in [1.29, 1.82) is 0 Å². The minimum absolute atomic E-state index is 0.0157. The van der Waals surface area contributed by atoms with Crippen LogP contribution < -0.4 is 0 Å². The smallest absolute Gasteiger partial charge is 0.261 e. The van der Waals surface area contributed by atoms with Crippen LogP contribution in [0, 0.1) is 18.2 Å². The van der Waals surface area contributed by atoms with Gasteiger partial charge in [-0.3, -0.25) is 4.79 Å². The fourth-order valence-electron chi connectivity index (χ4n) is 2.54. The van der Waals surface area contributed by atoms with Crippen LogP contribution in [0.15, 0.2) is 17.0 Å². The van der Waals surface area contributed by atoms with E-state index >= 15 is 0 Å². The summed E-state index contributed by atoms with van der Waals surface area (Å²) in [6.07, 6.45) is 0.826. The molecule has 1 aliphatic heterocycles. The van der Waals surface area contributed by atoms with E-state index < -0.39 is 20.8 Å². The zero-order valence-corrected chi connectivity index (χ0v) is 13.7. The fraction of sp³-hybridized carbons (Fsp3) is 0.500. The van der Waals surface area contributed by atoms with E-state index in [-0.39, 0.29) is 21.4 Å². The van der Waals surface area contributed by atoms with Crippen molar-refractivity contribution in [2.45, 2.75) is 32.1 Å². The van der Waals surface area contributed by atoms with Gasteiger partial charge in [0.15, 0.2) is 0 Å². The number of aryl methyl sites for hydroxylation is 1. The molecule has 116 valence electrons. The highest BCUT2D eigenvalue weighted by Crippen LogP contribution is 2.31. The lowest BCUT2D eigenvalue weighted by Crippen LogP contribution is -2.31. The molecule has 1 amide bonds. The van der Waals surface area contributed by atoms with Crippen LogP contribution in [0.3, 0.4) is 0 Å². The summed E-state index contributed by atoms with van der Waals surface area (Å²) in [5.74, 6) is -1.23. The van der Waals surface area contributed by atoms with E-state index in [1.807, 2.05) is 13.8 Å². The Bertz CT molecular complexity index is 700. The summed E-state index contributed by atoms with van der Waals surface area (Å²) in [4.78, 5) is 13.7. The molecule has 1 aliphatic rings. The van der Waals surface area contributed by atoms with E-state index in [2.05, 4.69) is 0 Å². The van der Waals surface area contributed by atoms with Crippen LogP contribution in [0.5, 0.6) is 0 Å². The first-order chi connectivity index (χ1) is 9.51. The number of benzene rings is 1. The SMILES string of the molecule is Cc1cc(F)c(C(=O)N2CCC(C)(C)C2)cc1S(=O)(=O)Cl. The molecule has 0 saturated carbocycles. The molecular weight excluding hydrogens is 317 g/mol. The molecule has 7 heteroatoms. The van der Waals surface area contributed by atoms with Gasteiger partial charge in [-0.05, 0) is 36.5 Å². The molecule has 0 unspecified atom stereocenters. The minimum Gasteiger partial charge on any atom is -0.338 e. The van der Waals surface area contributed by atoms with Crippen LogP contribution in [0.2, 0.25) is 0 Å². The maximum atomic E-state index is 14.0. The van der Waals surface area contributed by atoms with Gasteiger partial charge in [-0.15, -0.1) is 0 Å². The highest BCUT2D eigenvalue weighted by Gasteiger charge is 2.34. The second-order valence-corrected chi connectivity index (χ2v) is 8.71. The van der Waals surface area contributed by atoms with Gasteiger partial charge in [0.1, 0.15) is 5.82 Å². The summed E-state index contributed by atoms with van der Waals surface area (Å²) in [5.41, 5.74) is -0.0866. The second-order valence-electron chi connectivity index (χ2n) is 6.18. The Labute approximate surface area is 128 Å². The predicted molar refractivity (Wildman–Crippen MR) is 78.5 cm³/mol. The Morgan fingerprint density at radius 2 is 2.00 bits per heavy atom. The second kappa shape index (κ2) is 5.25. The third-order valence-corrected chi connectivity index (χ3v) is 5.19. The fourth-order valence-corrected chi connectivity index (χ4v) is 3.74. The van der Waals surface area contributed by atoms with Gasteiger partial charge in [-0.25, -0.2) is 12.8 Å². The third-order valence-electron chi connectivity index (χ3n) is 3.72. The first-order valence-electron chi connectivity index (χ1n) is 6.55. The molecule has 0 N–H and O–H groups in total. The molecule has 0 bridgehead atoms. The largest absolute Gasteiger partial charge is 0.338 e. The number of nitrogens with zero attached hydrogens (tertiary/aromatic N) is 1. The van der Waals surface area contributed by atoms with Crippen LogP contribution in [-0.4, -0.2) is 32.3 Å². The molecule has 1 fully saturated rings. The third kappa shape index (κ3) is 3.37. The molecule has 0 spiro atoms. The summed E-state index contributed by atoms with van der Waals surface area (Å²) in [7, 11) is 1.30. The minimum atomic E-state index is -4.02. The predicted octanol–water partition coefficient (Wildman–Crippen LogP) is 2.93. The number of rotatable bonds is 2. The van der Waals surface area contributed by atoms with Gasteiger partial charge in [0, 0.05) is 23.8 Å². The van der Waals surface area contributed by atoms with E-state index in [0.717, 1.165) is 18.6 Å². The van der Waals surface area contributed by atoms with Crippen LogP contribution in [0.4, 0.5) is 4.39 Å². The standard InChI is InChI=1S/C14H17ClFNO3S/c1-9-6-11(16)10(7-12(9)21(15,19)20)13(18)17-5-4-14(2,3)8-17/h6-7H,4-5,8H2,1-3H3. The number of halogens is 2. The Kier molecular flexibility index (Phi) is 4.06. The van der Waals surface area contributed by atoms with Crippen molar-refractivity contribution in [3.63, 3.8) is 0 Å². The maximum Gasteiger partial charge on any atom is 0.261 e. The number of carbonyl (C=O) groups excluding carboxylic acids is 1. The van der Waals surface area contributed by atoms with Crippen molar-refractivity contribution in [3.8, 4) is 0 Å². The summed E-state index contributed by atoms with van der Waals surface area (Å²) in [6, 6.07) is 2.06. The first-order valence-corrected chi connectivity index (χ1v) is 8.86. The molecular formula is C14H17ClFNO3S. The van der Waals surface area contributed by atoms with Crippen molar-refractivity contribution >= 4 is 25.6 Å². The molecule has 0 aliphatic carbocycles. The number of amides is 1. The molecule has 0 radical (unpaired) electrons. The molecule has 0 aromatic heterocycles. The number of likely N-dealkylation sites (tertiary alicyclic amines) is 1. The van der Waals surface area contributed by atoms with Gasteiger partial charge < -0.3 is 4.90 Å². The topological polar surface area (TPSA) is 54.5 Å². The molecule has 21 heavy (non-hydrogen) atoms. The van der Waals surface area contributed by atoms with Crippen LogP contribution in [-0.2, 0) is 9.05 Å².